The van der Waals surface area contributed by atoms with Gasteiger partial charge in [0.05, 0.1) is 6.61 Å². The molecule has 3 rings (SSSR count). The molecule has 1 saturated carbocycles. The van der Waals surface area contributed by atoms with Crippen LogP contribution in [-0.2, 0) is 4.74 Å². The van der Waals surface area contributed by atoms with Gasteiger partial charge in [-0.15, -0.1) is 0 Å². The van der Waals surface area contributed by atoms with Gasteiger partial charge in [-0.2, -0.15) is 0 Å². The molecule has 110 valence electrons. The molecule has 2 aliphatic heterocycles. The Bertz CT molecular complexity index is 272. The third-order valence-electron chi connectivity index (χ3n) is 5.69. The van der Waals surface area contributed by atoms with Gasteiger partial charge in [0.2, 0.25) is 0 Å². The topological polar surface area (TPSA) is 24.5 Å². The predicted molar refractivity (Wildman–Crippen MR) is 78.3 cm³/mol. The van der Waals surface area contributed by atoms with E-state index in [1.54, 1.807) is 0 Å². The van der Waals surface area contributed by atoms with E-state index in [2.05, 4.69) is 17.3 Å². The maximum atomic E-state index is 5.57. The lowest BCUT2D eigenvalue weighted by Gasteiger charge is -2.34. The first-order valence-corrected chi connectivity index (χ1v) is 8.37. The minimum atomic E-state index is 0.629. The summed E-state index contributed by atoms with van der Waals surface area (Å²) in [5.74, 6) is 1.73. The van der Waals surface area contributed by atoms with Crippen molar-refractivity contribution in [3.05, 3.63) is 0 Å². The van der Waals surface area contributed by atoms with Crippen molar-refractivity contribution in [1.29, 1.82) is 0 Å². The maximum Gasteiger partial charge on any atom is 0.0510 e. The highest BCUT2D eigenvalue weighted by molar-refractivity contribution is 4.91. The molecule has 0 bridgehead atoms. The molecule has 19 heavy (non-hydrogen) atoms. The zero-order valence-corrected chi connectivity index (χ0v) is 12.4. The van der Waals surface area contributed by atoms with E-state index in [1.165, 1.54) is 58.0 Å². The quantitative estimate of drug-likeness (QED) is 0.826. The molecule has 0 aromatic carbocycles. The van der Waals surface area contributed by atoms with Crippen LogP contribution in [0.25, 0.3) is 0 Å². The lowest BCUT2D eigenvalue weighted by atomic mass is 9.94. The standard InChI is InChI=1S/C16H30N2O/c1-17-15(14-8-10-19-12-14)11-18-9-4-7-16(18)13-5-2-3-6-13/h13-17H,2-12H2,1H3. The highest BCUT2D eigenvalue weighted by Crippen LogP contribution is 2.35. The summed E-state index contributed by atoms with van der Waals surface area (Å²) < 4.78 is 5.57. The summed E-state index contributed by atoms with van der Waals surface area (Å²) in [6, 6.07) is 1.52. The van der Waals surface area contributed by atoms with E-state index in [-0.39, 0.29) is 0 Å². The first-order chi connectivity index (χ1) is 9.38. The molecule has 3 fully saturated rings. The van der Waals surface area contributed by atoms with E-state index in [9.17, 15) is 0 Å². The molecule has 3 unspecified atom stereocenters. The van der Waals surface area contributed by atoms with Crippen molar-refractivity contribution in [3.8, 4) is 0 Å². The second kappa shape index (κ2) is 6.55. The summed E-state index contributed by atoms with van der Waals surface area (Å²) in [5.41, 5.74) is 0. The second-order valence-corrected chi connectivity index (χ2v) is 6.77. The molecule has 2 heterocycles. The van der Waals surface area contributed by atoms with Crippen molar-refractivity contribution in [2.45, 2.75) is 57.0 Å². The molecule has 0 aromatic rings. The number of rotatable bonds is 5. The smallest absolute Gasteiger partial charge is 0.0510 e. The van der Waals surface area contributed by atoms with Crippen LogP contribution in [0, 0.1) is 11.8 Å². The SMILES string of the molecule is CNC(CN1CCCC1C1CCCC1)C1CCOC1. The molecule has 3 heteroatoms. The third-order valence-corrected chi connectivity index (χ3v) is 5.69. The van der Waals surface area contributed by atoms with Gasteiger partial charge < -0.3 is 10.1 Å². The van der Waals surface area contributed by atoms with E-state index < -0.39 is 0 Å². The summed E-state index contributed by atoms with van der Waals surface area (Å²) in [5, 5.41) is 3.56. The van der Waals surface area contributed by atoms with E-state index in [1.807, 2.05) is 0 Å². The molecule has 3 atom stereocenters. The Morgan fingerprint density at radius 2 is 2.00 bits per heavy atom. The molecular weight excluding hydrogens is 236 g/mol. The number of nitrogens with one attached hydrogen (secondary N) is 1. The van der Waals surface area contributed by atoms with Crippen LogP contribution in [0.15, 0.2) is 0 Å². The fraction of sp³-hybridized carbons (Fsp3) is 1.00. The summed E-state index contributed by atoms with van der Waals surface area (Å²) in [4.78, 5) is 2.80. The molecule has 0 amide bonds. The Kier molecular flexibility index (Phi) is 4.78. The van der Waals surface area contributed by atoms with Crippen LogP contribution in [0.1, 0.15) is 44.9 Å². The van der Waals surface area contributed by atoms with Gasteiger partial charge >= 0.3 is 0 Å². The largest absolute Gasteiger partial charge is 0.381 e. The third kappa shape index (κ3) is 3.14. The first kappa shape index (κ1) is 13.8. The average molecular weight is 266 g/mol. The highest BCUT2D eigenvalue weighted by atomic mass is 16.5. The first-order valence-electron chi connectivity index (χ1n) is 8.37. The van der Waals surface area contributed by atoms with Gasteiger partial charge in [0, 0.05) is 31.2 Å². The lowest BCUT2D eigenvalue weighted by Crippen LogP contribution is -2.47. The van der Waals surface area contributed by atoms with Crippen LogP contribution in [0.5, 0.6) is 0 Å². The molecule has 2 saturated heterocycles. The fourth-order valence-electron chi connectivity index (χ4n) is 4.55. The molecule has 1 aliphatic carbocycles. The van der Waals surface area contributed by atoms with Gasteiger partial charge in [-0.05, 0) is 51.6 Å². The van der Waals surface area contributed by atoms with Gasteiger partial charge in [-0.3, -0.25) is 4.90 Å². The number of hydrogen-bond acceptors (Lipinski definition) is 3. The van der Waals surface area contributed by atoms with Gasteiger partial charge in [-0.25, -0.2) is 0 Å². The number of likely N-dealkylation sites (N-methyl/N-ethyl adjacent to an activating group) is 1. The highest BCUT2D eigenvalue weighted by Gasteiger charge is 2.35. The predicted octanol–water partition coefficient (Wildman–Crippen LogP) is 2.27. The van der Waals surface area contributed by atoms with Gasteiger partial charge in [0.25, 0.3) is 0 Å². The molecule has 0 aromatic heterocycles. The van der Waals surface area contributed by atoms with Crippen LogP contribution < -0.4 is 5.32 Å². The van der Waals surface area contributed by atoms with Crippen molar-refractivity contribution in [3.63, 3.8) is 0 Å². The Balaban J connectivity index is 1.57. The van der Waals surface area contributed by atoms with Crippen LogP contribution in [0.4, 0.5) is 0 Å². The zero-order valence-electron chi connectivity index (χ0n) is 12.4. The van der Waals surface area contributed by atoms with Crippen molar-refractivity contribution in [2.75, 3.05) is 33.4 Å². The molecule has 0 radical (unpaired) electrons. The normalized spacial score (nSPS) is 35.2. The van der Waals surface area contributed by atoms with Crippen molar-refractivity contribution >= 4 is 0 Å². The van der Waals surface area contributed by atoms with Gasteiger partial charge in [0.1, 0.15) is 0 Å². The number of likely N-dealkylation sites (tertiary alicyclic amines) is 1. The van der Waals surface area contributed by atoms with Crippen LogP contribution in [0.3, 0.4) is 0 Å². The van der Waals surface area contributed by atoms with E-state index >= 15 is 0 Å². The summed E-state index contributed by atoms with van der Waals surface area (Å²) in [6.45, 7) is 4.50. The Labute approximate surface area is 118 Å². The molecule has 1 N–H and O–H groups in total. The van der Waals surface area contributed by atoms with E-state index in [0.717, 1.165) is 31.1 Å². The monoisotopic (exact) mass is 266 g/mol. The van der Waals surface area contributed by atoms with E-state index in [0.29, 0.717) is 6.04 Å². The number of hydrogen-bond donors (Lipinski definition) is 1. The van der Waals surface area contributed by atoms with Crippen LogP contribution in [0.2, 0.25) is 0 Å². The van der Waals surface area contributed by atoms with Crippen molar-refractivity contribution in [1.82, 2.24) is 10.2 Å². The van der Waals surface area contributed by atoms with Crippen LogP contribution in [-0.4, -0.2) is 50.3 Å². The minimum absolute atomic E-state index is 0.629. The Hall–Kier alpha value is -0.120. The fourth-order valence-corrected chi connectivity index (χ4v) is 4.55. The molecule has 3 aliphatic rings. The van der Waals surface area contributed by atoms with Crippen LogP contribution >= 0.6 is 0 Å². The molecule has 3 nitrogen and oxygen atoms in total. The van der Waals surface area contributed by atoms with Crippen molar-refractivity contribution < 1.29 is 4.74 Å². The molecule has 0 spiro atoms. The Morgan fingerprint density at radius 1 is 1.16 bits per heavy atom. The van der Waals surface area contributed by atoms with Gasteiger partial charge in [-0.1, -0.05) is 12.8 Å². The molecular formula is C16H30N2O. The average Bonchev–Trinajstić information content (AvgIpc) is 3.15. The second-order valence-electron chi connectivity index (χ2n) is 6.77. The summed E-state index contributed by atoms with van der Waals surface area (Å²) in [7, 11) is 2.13. The summed E-state index contributed by atoms with van der Waals surface area (Å²) >= 11 is 0. The Morgan fingerprint density at radius 3 is 2.68 bits per heavy atom. The zero-order chi connectivity index (χ0) is 13.1. The summed E-state index contributed by atoms with van der Waals surface area (Å²) in [6.07, 6.45) is 10.0. The number of nitrogens with zero attached hydrogens (tertiary/aromatic N) is 1. The van der Waals surface area contributed by atoms with Gasteiger partial charge in [0.15, 0.2) is 0 Å². The minimum Gasteiger partial charge on any atom is -0.381 e. The lowest BCUT2D eigenvalue weighted by molar-refractivity contribution is 0.141. The number of ether oxygens (including phenoxy) is 1. The van der Waals surface area contributed by atoms with Crippen molar-refractivity contribution in [2.24, 2.45) is 11.8 Å². The van der Waals surface area contributed by atoms with E-state index in [4.69, 9.17) is 4.74 Å². The maximum absolute atomic E-state index is 5.57.